The smallest absolute Gasteiger partial charge is 0.223 e. The Morgan fingerprint density at radius 2 is 1.93 bits per heavy atom. The van der Waals surface area contributed by atoms with Crippen molar-refractivity contribution in [2.24, 2.45) is 5.92 Å². The van der Waals surface area contributed by atoms with Crippen molar-refractivity contribution in [3.05, 3.63) is 59.4 Å². The van der Waals surface area contributed by atoms with E-state index in [1.807, 2.05) is 36.4 Å². The highest BCUT2D eigenvalue weighted by molar-refractivity contribution is 6.31. The van der Waals surface area contributed by atoms with Gasteiger partial charge in [-0.25, -0.2) is 4.98 Å². The van der Waals surface area contributed by atoms with Gasteiger partial charge < -0.3 is 15.6 Å². The second-order valence-corrected chi connectivity index (χ2v) is 7.51. The number of hydrogen-bond acceptors (Lipinski definition) is 3. The fraction of sp³-hybridized carbons (Fsp3) is 0.333. The molecule has 1 heterocycles. The zero-order valence-corrected chi connectivity index (χ0v) is 15.8. The van der Waals surface area contributed by atoms with Crippen molar-refractivity contribution in [2.45, 2.75) is 38.3 Å². The average molecular weight is 383 g/mol. The lowest BCUT2D eigenvalue weighted by molar-refractivity contribution is -0.126. The summed E-state index contributed by atoms with van der Waals surface area (Å²) in [6.45, 7) is 0.484. The van der Waals surface area contributed by atoms with Crippen LogP contribution in [0.3, 0.4) is 0 Å². The van der Waals surface area contributed by atoms with Gasteiger partial charge in [0.2, 0.25) is 5.91 Å². The van der Waals surface area contributed by atoms with Crippen LogP contribution < -0.4 is 10.6 Å². The van der Waals surface area contributed by atoms with E-state index in [0.29, 0.717) is 17.6 Å². The highest BCUT2D eigenvalue weighted by Gasteiger charge is 2.26. The summed E-state index contributed by atoms with van der Waals surface area (Å²) < 4.78 is 0. The van der Waals surface area contributed by atoms with Gasteiger partial charge in [0.15, 0.2) is 0 Å². The molecule has 6 heteroatoms. The number of imidazole rings is 1. The average Bonchev–Trinajstić information content (AvgIpc) is 3.18. The monoisotopic (exact) mass is 382 g/mol. The zero-order valence-electron chi connectivity index (χ0n) is 15.0. The van der Waals surface area contributed by atoms with E-state index in [1.165, 1.54) is 0 Å². The second-order valence-electron chi connectivity index (χ2n) is 7.11. The lowest BCUT2D eigenvalue weighted by Crippen LogP contribution is -2.35. The number of aromatic nitrogens is 2. The summed E-state index contributed by atoms with van der Waals surface area (Å²) in [5, 5.41) is 7.33. The van der Waals surface area contributed by atoms with Gasteiger partial charge in [-0.3, -0.25) is 4.79 Å². The number of nitrogens with zero attached hydrogens (tertiary/aromatic N) is 1. The zero-order chi connectivity index (χ0) is 18.6. The van der Waals surface area contributed by atoms with Crippen molar-refractivity contribution < 1.29 is 4.79 Å². The van der Waals surface area contributed by atoms with Crippen molar-refractivity contribution in [1.29, 1.82) is 0 Å². The van der Waals surface area contributed by atoms with Crippen LogP contribution >= 0.6 is 11.6 Å². The third-order valence-corrected chi connectivity index (χ3v) is 5.69. The number of benzene rings is 2. The molecule has 0 aliphatic heterocycles. The summed E-state index contributed by atoms with van der Waals surface area (Å²) in [5.41, 5.74) is 4.01. The fourth-order valence-corrected chi connectivity index (χ4v) is 3.97. The van der Waals surface area contributed by atoms with E-state index in [4.69, 9.17) is 11.6 Å². The lowest BCUT2D eigenvalue weighted by atomic mass is 9.85. The number of rotatable bonds is 5. The Labute approximate surface area is 163 Å². The molecule has 0 unspecified atom stereocenters. The van der Waals surface area contributed by atoms with E-state index < -0.39 is 0 Å². The highest BCUT2D eigenvalue weighted by Crippen LogP contribution is 2.29. The van der Waals surface area contributed by atoms with Crippen LogP contribution in [0.5, 0.6) is 0 Å². The maximum Gasteiger partial charge on any atom is 0.223 e. The van der Waals surface area contributed by atoms with Crippen LogP contribution in [0.4, 0.5) is 5.69 Å². The van der Waals surface area contributed by atoms with Gasteiger partial charge in [0.05, 0.1) is 17.5 Å². The molecular formula is C21H23ClN4O. The largest absolute Gasteiger partial charge is 0.381 e. The highest BCUT2D eigenvalue weighted by atomic mass is 35.5. The Bertz CT molecular complexity index is 931. The van der Waals surface area contributed by atoms with Gasteiger partial charge >= 0.3 is 0 Å². The quantitative estimate of drug-likeness (QED) is 0.608. The first kappa shape index (κ1) is 17.9. The molecule has 3 aromatic rings. The van der Waals surface area contributed by atoms with Crippen LogP contribution in [0.1, 0.15) is 31.2 Å². The van der Waals surface area contributed by atoms with Gasteiger partial charge in [0.25, 0.3) is 0 Å². The number of anilines is 1. The first-order valence-electron chi connectivity index (χ1n) is 9.40. The molecule has 1 aromatic heterocycles. The summed E-state index contributed by atoms with van der Waals surface area (Å²) >= 11 is 6.16. The molecular weight excluding hydrogens is 360 g/mol. The minimum atomic E-state index is 0.0757. The molecule has 27 heavy (non-hydrogen) atoms. The molecule has 140 valence electrons. The number of amides is 1. The SMILES string of the molecule is O=C(NCc1ccccc1Cl)C1CCC(Nc2cccc3[nH]cnc23)CC1. The molecule has 0 radical (unpaired) electrons. The molecule has 1 amide bonds. The lowest BCUT2D eigenvalue weighted by Gasteiger charge is -2.29. The molecule has 3 N–H and O–H groups in total. The minimum absolute atomic E-state index is 0.0757. The molecule has 5 nitrogen and oxygen atoms in total. The molecule has 1 saturated carbocycles. The van der Waals surface area contributed by atoms with Crippen LogP contribution in [0.2, 0.25) is 5.02 Å². The number of hydrogen-bond donors (Lipinski definition) is 3. The summed E-state index contributed by atoms with van der Waals surface area (Å²) in [4.78, 5) is 20.0. The van der Waals surface area contributed by atoms with E-state index in [2.05, 4.69) is 26.7 Å². The number of halogens is 1. The molecule has 0 atom stereocenters. The van der Waals surface area contributed by atoms with E-state index in [0.717, 1.165) is 48.0 Å². The van der Waals surface area contributed by atoms with Crippen molar-refractivity contribution in [1.82, 2.24) is 15.3 Å². The molecule has 2 aromatic carbocycles. The van der Waals surface area contributed by atoms with Gasteiger partial charge in [-0.05, 0) is 49.4 Å². The molecule has 4 rings (SSSR count). The first-order valence-corrected chi connectivity index (χ1v) is 9.78. The molecule has 1 fully saturated rings. The van der Waals surface area contributed by atoms with Crippen molar-refractivity contribution in [3.8, 4) is 0 Å². The Morgan fingerprint density at radius 3 is 2.74 bits per heavy atom. The Balaban J connectivity index is 1.29. The number of nitrogens with one attached hydrogen (secondary N) is 3. The summed E-state index contributed by atoms with van der Waals surface area (Å²) in [6, 6.07) is 14.1. The minimum Gasteiger partial charge on any atom is -0.381 e. The van der Waals surface area contributed by atoms with Gasteiger partial charge in [-0.2, -0.15) is 0 Å². The molecule has 0 bridgehead atoms. The number of H-pyrrole nitrogens is 1. The van der Waals surface area contributed by atoms with Crippen molar-refractivity contribution >= 4 is 34.2 Å². The second kappa shape index (κ2) is 8.01. The number of carbonyl (C=O) groups excluding carboxylic acids is 1. The van der Waals surface area contributed by atoms with Crippen LogP contribution in [-0.4, -0.2) is 21.9 Å². The molecule has 1 aliphatic rings. The summed E-state index contributed by atoms with van der Waals surface area (Å²) in [7, 11) is 0. The van der Waals surface area contributed by atoms with Crippen LogP contribution in [0.25, 0.3) is 11.0 Å². The topological polar surface area (TPSA) is 69.8 Å². The number of fused-ring (bicyclic) bond motifs is 1. The first-order chi connectivity index (χ1) is 13.2. The molecule has 0 spiro atoms. The van der Waals surface area contributed by atoms with Crippen molar-refractivity contribution in [3.63, 3.8) is 0 Å². The van der Waals surface area contributed by atoms with E-state index in [9.17, 15) is 4.79 Å². The standard InChI is InChI=1S/C21H23ClN4O/c22-17-5-2-1-4-15(17)12-23-21(27)14-8-10-16(11-9-14)26-19-7-3-6-18-20(19)25-13-24-18/h1-7,13-14,16,26H,8-12H2,(H,23,27)(H,24,25). The van der Waals surface area contributed by atoms with E-state index in [1.54, 1.807) is 6.33 Å². The maximum atomic E-state index is 12.5. The third-order valence-electron chi connectivity index (χ3n) is 5.32. The maximum absolute atomic E-state index is 12.5. The van der Waals surface area contributed by atoms with Gasteiger partial charge in [-0.15, -0.1) is 0 Å². The number of aromatic amines is 1. The number of para-hydroxylation sites is 1. The summed E-state index contributed by atoms with van der Waals surface area (Å²) in [6.07, 6.45) is 5.46. The van der Waals surface area contributed by atoms with Crippen LogP contribution in [0.15, 0.2) is 48.8 Å². The molecule has 0 saturated heterocycles. The van der Waals surface area contributed by atoms with Gasteiger partial charge in [-0.1, -0.05) is 35.9 Å². The van der Waals surface area contributed by atoms with Gasteiger partial charge in [0.1, 0.15) is 5.52 Å². The summed E-state index contributed by atoms with van der Waals surface area (Å²) in [5.74, 6) is 0.203. The third kappa shape index (κ3) is 4.08. The van der Waals surface area contributed by atoms with E-state index in [-0.39, 0.29) is 11.8 Å². The number of carbonyl (C=O) groups is 1. The van der Waals surface area contributed by atoms with Gasteiger partial charge in [0, 0.05) is 23.5 Å². The Morgan fingerprint density at radius 1 is 1.11 bits per heavy atom. The van der Waals surface area contributed by atoms with Crippen molar-refractivity contribution in [2.75, 3.05) is 5.32 Å². The fourth-order valence-electron chi connectivity index (χ4n) is 3.77. The van der Waals surface area contributed by atoms with Crippen LogP contribution in [-0.2, 0) is 11.3 Å². The predicted octanol–water partition coefficient (Wildman–Crippen LogP) is 4.50. The Hall–Kier alpha value is -2.53. The Kier molecular flexibility index (Phi) is 5.30. The van der Waals surface area contributed by atoms with Crippen LogP contribution in [0, 0.1) is 5.92 Å². The predicted molar refractivity (Wildman–Crippen MR) is 109 cm³/mol. The molecule has 1 aliphatic carbocycles. The normalized spacial score (nSPS) is 19.7. The van der Waals surface area contributed by atoms with E-state index >= 15 is 0 Å².